The molecule has 0 bridgehead atoms. The zero-order chi connectivity index (χ0) is 11.4. The molecule has 4 nitrogen and oxygen atoms in total. The summed E-state index contributed by atoms with van der Waals surface area (Å²) in [5, 5.41) is 8.07. The van der Waals surface area contributed by atoms with Crippen LogP contribution < -0.4 is 4.90 Å². The highest BCUT2D eigenvalue weighted by Gasteiger charge is 2.19. The summed E-state index contributed by atoms with van der Waals surface area (Å²) < 4.78 is 5.18. The second-order valence-corrected chi connectivity index (χ2v) is 4.51. The van der Waals surface area contributed by atoms with Crippen molar-refractivity contribution in [3.05, 3.63) is 17.4 Å². The number of ether oxygens (including phenoxy) is 1. The van der Waals surface area contributed by atoms with Crippen molar-refractivity contribution >= 4 is 17.3 Å². The van der Waals surface area contributed by atoms with E-state index in [0.29, 0.717) is 11.1 Å². The normalized spacial score (nSPS) is 17.8. The van der Waals surface area contributed by atoms with Gasteiger partial charge in [-0.25, -0.2) is 0 Å². The molecule has 0 aliphatic carbocycles. The molecule has 0 unspecified atom stereocenters. The van der Waals surface area contributed by atoms with E-state index in [1.54, 1.807) is 13.3 Å². The van der Waals surface area contributed by atoms with E-state index in [9.17, 15) is 0 Å². The molecular weight excluding hydrogens is 226 g/mol. The molecule has 2 heterocycles. The summed E-state index contributed by atoms with van der Waals surface area (Å²) in [6.07, 6.45) is 4.09. The van der Waals surface area contributed by atoms with Crippen LogP contribution in [-0.2, 0) is 4.74 Å². The van der Waals surface area contributed by atoms with Gasteiger partial charge in [0, 0.05) is 32.9 Å². The highest BCUT2D eigenvalue weighted by Crippen LogP contribution is 2.23. The van der Waals surface area contributed by atoms with E-state index in [0.717, 1.165) is 38.2 Å². The minimum absolute atomic E-state index is 0.455. The standard InChI is InChI=1S/C11H16ClN3O/c1-16-8-9-2-4-15(5-3-9)10-6-11(12)14-13-7-10/h6-7,9H,2-5,8H2,1H3. The summed E-state index contributed by atoms with van der Waals surface area (Å²) in [6.45, 7) is 2.94. The lowest BCUT2D eigenvalue weighted by molar-refractivity contribution is 0.139. The summed E-state index contributed by atoms with van der Waals surface area (Å²) >= 11 is 5.82. The minimum atomic E-state index is 0.455. The zero-order valence-electron chi connectivity index (χ0n) is 9.40. The molecule has 1 aromatic heterocycles. The SMILES string of the molecule is COCC1CCN(c2cnnc(Cl)c2)CC1. The Balaban J connectivity index is 1.94. The monoisotopic (exact) mass is 241 g/mol. The first kappa shape index (κ1) is 11.6. The number of piperidine rings is 1. The molecule has 0 saturated carbocycles. The van der Waals surface area contributed by atoms with Gasteiger partial charge in [0.1, 0.15) is 0 Å². The molecule has 0 atom stereocenters. The summed E-state index contributed by atoms with van der Waals surface area (Å²) in [4.78, 5) is 2.30. The van der Waals surface area contributed by atoms with Gasteiger partial charge in [0.05, 0.1) is 11.9 Å². The number of hydrogen-bond donors (Lipinski definition) is 0. The quantitative estimate of drug-likeness (QED) is 0.811. The van der Waals surface area contributed by atoms with Crippen LogP contribution in [0.4, 0.5) is 5.69 Å². The van der Waals surface area contributed by atoms with Gasteiger partial charge in [-0.05, 0) is 18.8 Å². The lowest BCUT2D eigenvalue weighted by atomic mass is 9.97. The van der Waals surface area contributed by atoms with Gasteiger partial charge in [-0.3, -0.25) is 0 Å². The molecule has 1 saturated heterocycles. The molecule has 16 heavy (non-hydrogen) atoms. The highest BCUT2D eigenvalue weighted by atomic mass is 35.5. The second-order valence-electron chi connectivity index (χ2n) is 4.12. The number of rotatable bonds is 3. The van der Waals surface area contributed by atoms with Gasteiger partial charge in [-0.2, -0.15) is 5.10 Å². The minimum Gasteiger partial charge on any atom is -0.384 e. The second kappa shape index (κ2) is 5.46. The molecule has 0 aromatic carbocycles. The van der Waals surface area contributed by atoms with Gasteiger partial charge in [0.2, 0.25) is 0 Å². The maximum atomic E-state index is 5.82. The lowest BCUT2D eigenvalue weighted by Crippen LogP contribution is -2.35. The van der Waals surface area contributed by atoms with E-state index in [1.165, 1.54) is 0 Å². The van der Waals surface area contributed by atoms with E-state index >= 15 is 0 Å². The van der Waals surface area contributed by atoms with Gasteiger partial charge in [0.15, 0.2) is 5.15 Å². The summed E-state index contributed by atoms with van der Waals surface area (Å²) in [6, 6.07) is 1.87. The van der Waals surface area contributed by atoms with Crippen molar-refractivity contribution in [2.24, 2.45) is 5.92 Å². The summed E-state index contributed by atoms with van der Waals surface area (Å²) in [5.41, 5.74) is 1.07. The Morgan fingerprint density at radius 2 is 2.25 bits per heavy atom. The first-order valence-corrected chi connectivity index (χ1v) is 5.89. The van der Waals surface area contributed by atoms with Gasteiger partial charge < -0.3 is 9.64 Å². The summed E-state index contributed by atoms with van der Waals surface area (Å²) in [5.74, 6) is 0.687. The van der Waals surface area contributed by atoms with Gasteiger partial charge in [0.25, 0.3) is 0 Å². The van der Waals surface area contributed by atoms with Crippen molar-refractivity contribution in [3.8, 4) is 0 Å². The Labute approximate surface area is 101 Å². The van der Waals surface area contributed by atoms with Crippen LogP contribution in [0.5, 0.6) is 0 Å². The Morgan fingerprint density at radius 3 is 2.88 bits per heavy atom. The Kier molecular flexibility index (Phi) is 3.96. The third-order valence-corrected chi connectivity index (χ3v) is 3.18. The number of aromatic nitrogens is 2. The van der Waals surface area contributed by atoms with Crippen LogP contribution in [-0.4, -0.2) is 37.0 Å². The van der Waals surface area contributed by atoms with Crippen LogP contribution in [0.15, 0.2) is 12.3 Å². The van der Waals surface area contributed by atoms with Crippen LogP contribution in [0.1, 0.15) is 12.8 Å². The highest BCUT2D eigenvalue weighted by molar-refractivity contribution is 6.29. The Bertz CT molecular complexity index is 340. The van der Waals surface area contributed by atoms with E-state index in [4.69, 9.17) is 16.3 Å². The lowest BCUT2D eigenvalue weighted by Gasteiger charge is -2.32. The van der Waals surface area contributed by atoms with E-state index in [1.807, 2.05) is 6.07 Å². The van der Waals surface area contributed by atoms with Crippen LogP contribution >= 0.6 is 11.6 Å². The van der Waals surface area contributed by atoms with Crippen LogP contribution in [0.25, 0.3) is 0 Å². The van der Waals surface area contributed by atoms with Crippen LogP contribution in [0, 0.1) is 5.92 Å². The molecule has 1 aliphatic rings. The van der Waals surface area contributed by atoms with Crippen LogP contribution in [0.2, 0.25) is 5.15 Å². The van der Waals surface area contributed by atoms with Crippen molar-refractivity contribution in [1.29, 1.82) is 0 Å². The molecule has 0 amide bonds. The molecule has 5 heteroatoms. The fourth-order valence-corrected chi connectivity index (χ4v) is 2.25. The molecule has 88 valence electrons. The predicted molar refractivity (Wildman–Crippen MR) is 63.9 cm³/mol. The van der Waals surface area contributed by atoms with E-state index < -0.39 is 0 Å². The summed E-state index contributed by atoms with van der Waals surface area (Å²) in [7, 11) is 1.76. The molecule has 0 radical (unpaired) electrons. The fourth-order valence-electron chi connectivity index (χ4n) is 2.10. The average Bonchev–Trinajstić information content (AvgIpc) is 2.30. The van der Waals surface area contributed by atoms with E-state index in [-0.39, 0.29) is 0 Å². The molecule has 0 N–H and O–H groups in total. The first-order valence-electron chi connectivity index (χ1n) is 5.51. The van der Waals surface area contributed by atoms with Crippen molar-refractivity contribution in [2.75, 3.05) is 31.7 Å². The number of halogens is 1. The van der Waals surface area contributed by atoms with Gasteiger partial charge in [-0.15, -0.1) is 5.10 Å². The molecule has 1 aliphatic heterocycles. The third-order valence-electron chi connectivity index (χ3n) is 2.99. The zero-order valence-corrected chi connectivity index (χ0v) is 10.2. The number of hydrogen-bond acceptors (Lipinski definition) is 4. The molecular formula is C11H16ClN3O. The molecule has 0 spiro atoms. The Morgan fingerprint density at radius 1 is 1.50 bits per heavy atom. The topological polar surface area (TPSA) is 38.2 Å². The number of methoxy groups -OCH3 is 1. The van der Waals surface area contributed by atoms with E-state index in [2.05, 4.69) is 15.1 Å². The molecule has 1 fully saturated rings. The first-order chi connectivity index (χ1) is 7.79. The number of anilines is 1. The largest absolute Gasteiger partial charge is 0.384 e. The average molecular weight is 242 g/mol. The predicted octanol–water partition coefficient (Wildman–Crippen LogP) is 1.99. The van der Waals surface area contributed by atoms with Gasteiger partial charge in [-0.1, -0.05) is 11.6 Å². The third kappa shape index (κ3) is 2.83. The number of nitrogens with zero attached hydrogens (tertiary/aromatic N) is 3. The smallest absolute Gasteiger partial charge is 0.153 e. The fraction of sp³-hybridized carbons (Fsp3) is 0.636. The van der Waals surface area contributed by atoms with Crippen molar-refractivity contribution < 1.29 is 4.74 Å². The van der Waals surface area contributed by atoms with Crippen molar-refractivity contribution in [3.63, 3.8) is 0 Å². The van der Waals surface area contributed by atoms with Crippen molar-refractivity contribution in [1.82, 2.24) is 10.2 Å². The molecule has 2 rings (SSSR count). The maximum Gasteiger partial charge on any atom is 0.153 e. The maximum absolute atomic E-state index is 5.82. The van der Waals surface area contributed by atoms with Crippen LogP contribution in [0.3, 0.4) is 0 Å². The molecule has 1 aromatic rings. The van der Waals surface area contributed by atoms with Crippen molar-refractivity contribution in [2.45, 2.75) is 12.8 Å². The Hall–Kier alpha value is -0.870. The van der Waals surface area contributed by atoms with Gasteiger partial charge >= 0.3 is 0 Å².